The molecule has 0 unspecified atom stereocenters. The van der Waals surface area contributed by atoms with E-state index in [0.717, 1.165) is 0 Å². The molecular formula is Ni2ORe. The van der Waals surface area contributed by atoms with E-state index in [1.54, 1.807) is 0 Å². The minimum Gasteiger partial charge on any atom is 0 e. The van der Waals surface area contributed by atoms with E-state index in [4.69, 9.17) is 3.90 Å². The summed E-state index contributed by atoms with van der Waals surface area (Å²) in [5.41, 5.74) is 0. The van der Waals surface area contributed by atoms with Crippen LogP contribution < -0.4 is 0 Å². The fraction of sp³-hybridized carbons (Fsp3) is 0. The van der Waals surface area contributed by atoms with E-state index < -0.39 is 0 Å². The summed E-state index contributed by atoms with van der Waals surface area (Å²) in [6, 6.07) is 0. The van der Waals surface area contributed by atoms with E-state index in [0.29, 0.717) is 0 Å². The van der Waals surface area contributed by atoms with Crippen molar-refractivity contribution in [1.82, 2.24) is 0 Å². The smallest absolute Gasteiger partial charge is 0 e. The summed E-state index contributed by atoms with van der Waals surface area (Å²) < 4.78 is 7.88. The van der Waals surface area contributed by atoms with E-state index in [1.807, 2.05) is 0 Å². The number of hydrogen-bond acceptors (Lipinski definition) is 1. The van der Waals surface area contributed by atoms with Crippen LogP contribution in [0.25, 0.3) is 0 Å². The van der Waals surface area contributed by atoms with E-state index in [1.165, 1.54) is 0 Å². The van der Waals surface area contributed by atoms with Crippen molar-refractivity contribution in [2.24, 2.45) is 0 Å². The summed E-state index contributed by atoms with van der Waals surface area (Å²) in [6.45, 7) is 0. The standard InChI is InChI=1S/2Ni.O.Re. The van der Waals surface area contributed by atoms with Crippen LogP contribution in [0.2, 0.25) is 0 Å². The van der Waals surface area contributed by atoms with Gasteiger partial charge in [0.25, 0.3) is 0 Å². The third kappa shape index (κ3) is 9.85. The van der Waals surface area contributed by atoms with Gasteiger partial charge >= 0.3 is 19.3 Å². The Kier molecular flexibility index (Phi) is 113. The number of rotatable bonds is 0. The second kappa shape index (κ2) is 25.2. The van der Waals surface area contributed by atoms with Crippen molar-refractivity contribution in [2.45, 2.75) is 0 Å². The van der Waals surface area contributed by atoms with Gasteiger partial charge in [0, 0.05) is 36.9 Å². The molecule has 0 saturated carbocycles. The monoisotopic (exact) mass is 319 g/mol. The first kappa shape index (κ1) is 18.0. The average molecular weight is 320 g/mol. The van der Waals surface area contributed by atoms with Crippen LogP contribution in [0.4, 0.5) is 0 Å². The molecule has 4 heavy (non-hydrogen) atoms. The summed E-state index contributed by atoms with van der Waals surface area (Å²) in [4.78, 5) is 0. The van der Waals surface area contributed by atoms with Gasteiger partial charge in [0.05, 0.1) is 0 Å². The Morgan fingerprint density at radius 3 is 1.25 bits per heavy atom. The van der Waals surface area contributed by atoms with Gasteiger partial charge in [0.2, 0.25) is 0 Å². The van der Waals surface area contributed by atoms with Crippen LogP contribution in [-0.2, 0) is 56.2 Å². The van der Waals surface area contributed by atoms with Crippen molar-refractivity contribution in [1.29, 1.82) is 0 Å². The average Bonchev–Trinajstić information content (AvgIpc) is 1.00. The van der Waals surface area contributed by atoms with Crippen LogP contribution in [0.3, 0.4) is 0 Å². The molecule has 0 rings (SSSR count). The van der Waals surface area contributed by atoms with Gasteiger partial charge in [-0.05, 0) is 0 Å². The van der Waals surface area contributed by atoms with Crippen LogP contribution in [0.15, 0.2) is 0 Å². The fourth-order valence-corrected chi connectivity index (χ4v) is 0. The topological polar surface area (TPSA) is 17.1 Å². The van der Waals surface area contributed by atoms with Crippen molar-refractivity contribution in [3.63, 3.8) is 0 Å². The Hall–Kier alpha value is 1.45. The molecule has 0 aliphatic carbocycles. The second-order valence-electron chi connectivity index (χ2n) is 0. The quantitative estimate of drug-likeness (QED) is 0.569. The maximum Gasteiger partial charge on any atom is 0 e. The van der Waals surface area contributed by atoms with Crippen LogP contribution in [-0.4, -0.2) is 0 Å². The number of hydrogen-bond donors (Lipinski definition) is 0. The van der Waals surface area contributed by atoms with Crippen LogP contribution in [0.1, 0.15) is 0 Å². The molecule has 0 bridgehead atoms. The summed E-state index contributed by atoms with van der Waals surface area (Å²) in [5.74, 6) is 0. The van der Waals surface area contributed by atoms with Gasteiger partial charge in [-0.15, -0.1) is 0 Å². The first-order valence-electron chi connectivity index (χ1n) is 0.129. The van der Waals surface area contributed by atoms with Gasteiger partial charge in [-0.25, -0.2) is 0 Å². The molecule has 4 heteroatoms. The van der Waals surface area contributed by atoms with Crippen LogP contribution in [0.5, 0.6) is 0 Å². The van der Waals surface area contributed by atoms with E-state index in [2.05, 4.69) is 15.4 Å². The SMILES string of the molecule is [Ni].[O]=[Ni].[Re]. The van der Waals surface area contributed by atoms with Gasteiger partial charge in [0.1, 0.15) is 0 Å². The van der Waals surface area contributed by atoms with Crippen molar-refractivity contribution in [3.05, 3.63) is 0 Å². The molecule has 0 saturated heterocycles. The van der Waals surface area contributed by atoms with Crippen molar-refractivity contribution in [2.75, 3.05) is 0 Å². The first-order valence-corrected chi connectivity index (χ1v) is 0.532. The first-order chi connectivity index (χ1) is 1.00. The zero-order chi connectivity index (χ0) is 2.00. The van der Waals surface area contributed by atoms with Gasteiger partial charge in [-0.1, -0.05) is 0 Å². The van der Waals surface area contributed by atoms with Crippen molar-refractivity contribution >= 4 is 0 Å². The molecule has 0 aromatic carbocycles. The van der Waals surface area contributed by atoms with Gasteiger partial charge < -0.3 is 0 Å². The normalized spacial score (nSPS) is 1.50. The third-order valence-corrected chi connectivity index (χ3v) is 0. The molecule has 0 aromatic heterocycles. The Bertz CT molecular complexity index is 6.00. The zero-order valence-corrected chi connectivity index (χ0v) is 6.11. The molecule has 0 aromatic rings. The largest absolute Gasteiger partial charge is 0 e. The third-order valence-electron chi connectivity index (χ3n) is 0. The maximum absolute atomic E-state index is 7.88. The molecule has 0 spiro atoms. The van der Waals surface area contributed by atoms with E-state index in [9.17, 15) is 0 Å². The van der Waals surface area contributed by atoms with Crippen LogP contribution >= 0.6 is 0 Å². The molecule has 0 aliphatic rings. The minimum absolute atomic E-state index is 0. The minimum atomic E-state index is 0. The van der Waals surface area contributed by atoms with E-state index in [-0.39, 0.29) is 36.9 Å². The summed E-state index contributed by atoms with van der Waals surface area (Å²) in [7, 11) is 0. The van der Waals surface area contributed by atoms with Crippen molar-refractivity contribution < 1.29 is 56.2 Å². The van der Waals surface area contributed by atoms with E-state index >= 15 is 0 Å². The molecule has 0 aliphatic heterocycles. The molecule has 0 fully saturated rings. The predicted octanol–water partition coefficient (Wildman–Crippen LogP) is -0.126. The molecule has 33 valence electrons. The summed E-state index contributed by atoms with van der Waals surface area (Å²) >= 11 is 2.62. The van der Waals surface area contributed by atoms with Crippen molar-refractivity contribution in [3.8, 4) is 0 Å². The van der Waals surface area contributed by atoms with Gasteiger partial charge in [0.15, 0.2) is 0 Å². The molecule has 1 nitrogen and oxygen atoms in total. The maximum atomic E-state index is 7.88. The molecule has 0 heterocycles. The Morgan fingerprint density at radius 2 is 1.25 bits per heavy atom. The molecule has 1 radical (unpaired) electrons. The Balaban J connectivity index is -0.00000000500. The summed E-state index contributed by atoms with van der Waals surface area (Å²) in [6.07, 6.45) is 0. The molecule has 0 atom stereocenters. The van der Waals surface area contributed by atoms with Gasteiger partial charge in [-0.2, -0.15) is 0 Å². The second-order valence-corrected chi connectivity index (χ2v) is 0. The molecule has 0 N–H and O–H groups in total. The Morgan fingerprint density at radius 1 is 1.25 bits per heavy atom. The zero-order valence-electron chi connectivity index (χ0n) is 1.42. The van der Waals surface area contributed by atoms with Gasteiger partial charge in [-0.3, -0.25) is 0 Å². The molecule has 0 amide bonds. The summed E-state index contributed by atoms with van der Waals surface area (Å²) in [5, 5.41) is 0. The van der Waals surface area contributed by atoms with Crippen LogP contribution in [0, 0.1) is 0 Å². The predicted molar refractivity (Wildman–Crippen MR) is 0.686 cm³/mol. The Labute approximate surface area is 56.0 Å². The molecular weight excluding hydrogens is 320 g/mol. The fourth-order valence-electron chi connectivity index (χ4n) is 0.